The Kier molecular flexibility index (Phi) is 5.81. The van der Waals surface area contributed by atoms with Crippen LogP contribution in [0, 0.1) is 10.1 Å². The van der Waals surface area contributed by atoms with Crippen LogP contribution in [0.25, 0.3) is 0 Å². The summed E-state index contributed by atoms with van der Waals surface area (Å²) in [5.74, 6) is 0. The summed E-state index contributed by atoms with van der Waals surface area (Å²) in [7, 11) is -5.63. The summed E-state index contributed by atoms with van der Waals surface area (Å²) in [6.07, 6.45) is -0.358. The summed E-state index contributed by atoms with van der Waals surface area (Å²) in [5, 5.41) is 11.2. The second-order valence-electron chi connectivity index (χ2n) is 4.98. The molecule has 1 unspecified atom stereocenters. The summed E-state index contributed by atoms with van der Waals surface area (Å²) in [6.45, 7) is 3.42. The largest absolute Gasteiger partial charge is 0.299 e. The molecule has 2 aromatic rings. The van der Waals surface area contributed by atoms with Crippen molar-refractivity contribution in [3.05, 3.63) is 64.7 Å². The summed E-state index contributed by atoms with van der Waals surface area (Å²) in [6, 6.07) is 13.5. The van der Waals surface area contributed by atoms with Crippen LogP contribution in [0.15, 0.2) is 68.2 Å². The number of sulfonamides is 1. The van der Waals surface area contributed by atoms with E-state index in [0.717, 1.165) is 0 Å². The Hall–Kier alpha value is -2.10. The van der Waals surface area contributed by atoms with Gasteiger partial charge in [0.05, 0.1) is 26.9 Å². The number of nitro groups is 1. The molecular formula is C15H16N2O5S2. The van der Waals surface area contributed by atoms with Crippen molar-refractivity contribution in [3.63, 3.8) is 0 Å². The molecule has 0 saturated heterocycles. The van der Waals surface area contributed by atoms with Crippen LogP contribution in [-0.2, 0) is 25.2 Å². The normalized spacial score (nSPS) is 13.1. The molecule has 0 aliphatic carbocycles. The Morgan fingerprint density at radius 1 is 1.08 bits per heavy atom. The van der Waals surface area contributed by atoms with Crippen molar-refractivity contribution < 1.29 is 17.5 Å². The molecule has 0 aliphatic heterocycles. The molecule has 9 heteroatoms. The Labute approximate surface area is 142 Å². The van der Waals surface area contributed by atoms with Gasteiger partial charge in [-0.15, -0.1) is 3.77 Å². The molecule has 24 heavy (non-hydrogen) atoms. The van der Waals surface area contributed by atoms with Gasteiger partial charge in [-0.2, -0.15) is 8.42 Å². The standard InChI is InChI=1S/C15H16N2O5S2/c1-12(2)22-23(15-11-7-6-10-14(15)17(18)19)16-24(20,21)13-8-4-3-5-9-13/h3-12H,1-2H3. The fraction of sp³-hybridized carbons (Fsp3) is 0.200. The lowest BCUT2D eigenvalue weighted by Gasteiger charge is -2.12. The van der Waals surface area contributed by atoms with Gasteiger partial charge in [-0.25, -0.2) is 0 Å². The van der Waals surface area contributed by atoms with Gasteiger partial charge in [0.2, 0.25) is 0 Å². The van der Waals surface area contributed by atoms with Crippen LogP contribution < -0.4 is 0 Å². The van der Waals surface area contributed by atoms with Crippen LogP contribution in [0.4, 0.5) is 5.69 Å². The maximum Gasteiger partial charge on any atom is 0.290 e. The molecule has 1 atom stereocenters. The Balaban J connectivity index is 2.60. The molecule has 0 spiro atoms. The van der Waals surface area contributed by atoms with Crippen LogP contribution in [0.1, 0.15) is 13.8 Å². The van der Waals surface area contributed by atoms with Gasteiger partial charge in [0.1, 0.15) is 4.90 Å². The third kappa shape index (κ3) is 4.47. The van der Waals surface area contributed by atoms with Crippen molar-refractivity contribution in [2.75, 3.05) is 0 Å². The zero-order chi connectivity index (χ0) is 17.7. The molecule has 2 rings (SSSR count). The van der Waals surface area contributed by atoms with E-state index >= 15 is 0 Å². The average Bonchev–Trinajstić information content (AvgIpc) is 2.54. The van der Waals surface area contributed by atoms with Crippen LogP contribution in [-0.4, -0.2) is 19.4 Å². The van der Waals surface area contributed by atoms with Gasteiger partial charge >= 0.3 is 0 Å². The van der Waals surface area contributed by atoms with Crippen LogP contribution in [0.3, 0.4) is 0 Å². The second kappa shape index (κ2) is 7.65. The molecule has 0 bridgehead atoms. The lowest BCUT2D eigenvalue weighted by molar-refractivity contribution is -0.387. The van der Waals surface area contributed by atoms with Crippen LogP contribution in [0.5, 0.6) is 0 Å². The summed E-state index contributed by atoms with van der Waals surface area (Å²) >= 11 is 0. The van der Waals surface area contributed by atoms with Gasteiger partial charge in [-0.3, -0.25) is 14.3 Å². The van der Waals surface area contributed by atoms with Crippen molar-refractivity contribution in [1.29, 1.82) is 0 Å². The van der Waals surface area contributed by atoms with Crippen LogP contribution in [0.2, 0.25) is 0 Å². The van der Waals surface area contributed by atoms with Crippen molar-refractivity contribution in [2.45, 2.75) is 29.7 Å². The highest BCUT2D eigenvalue weighted by atomic mass is 32.3. The van der Waals surface area contributed by atoms with Crippen LogP contribution >= 0.6 is 0 Å². The number of hydrogen-bond acceptors (Lipinski definition) is 5. The van der Waals surface area contributed by atoms with E-state index in [0.29, 0.717) is 0 Å². The predicted octanol–water partition coefficient (Wildman–Crippen LogP) is 3.48. The quantitative estimate of drug-likeness (QED) is 0.574. The maximum atomic E-state index is 12.5. The maximum absolute atomic E-state index is 12.5. The Morgan fingerprint density at radius 2 is 1.67 bits per heavy atom. The van der Waals surface area contributed by atoms with E-state index in [2.05, 4.69) is 3.77 Å². The number of benzene rings is 2. The Bertz CT molecular complexity index is 864. The van der Waals surface area contributed by atoms with Gasteiger partial charge in [-0.05, 0) is 32.0 Å². The minimum Gasteiger partial charge on any atom is -0.299 e. The SMILES string of the molecule is CC(C)O/S(=N/S(=O)(=O)c1ccccc1)c1ccccc1[N+](=O)[O-]. The number of nitro benzene ring substituents is 1. The third-order valence-electron chi connectivity index (χ3n) is 2.74. The topological polar surface area (TPSA) is 98.9 Å². The highest BCUT2D eigenvalue weighted by molar-refractivity contribution is 7.98. The molecule has 0 heterocycles. The summed E-state index contributed by atoms with van der Waals surface area (Å²) in [4.78, 5) is 10.8. The first-order valence-electron chi connectivity index (χ1n) is 6.99. The number of hydrogen-bond donors (Lipinski definition) is 0. The fourth-order valence-corrected chi connectivity index (χ4v) is 4.78. The average molecular weight is 368 g/mol. The van der Waals surface area contributed by atoms with E-state index in [4.69, 9.17) is 4.18 Å². The molecule has 0 amide bonds. The van der Waals surface area contributed by atoms with E-state index < -0.39 is 25.9 Å². The lowest BCUT2D eigenvalue weighted by atomic mass is 10.3. The number of rotatable bonds is 6. The smallest absolute Gasteiger partial charge is 0.290 e. The highest BCUT2D eigenvalue weighted by Gasteiger charge is 2.22. The zero-order valence-electron chi connectivity index (χ0n) is 13.0. The molecule has 128 valence electrons. The minimum absolute atomic E-state index is 0.00782. The molecule has 2 aromatic carbocycles. The zero-order valence-corrected chi connectivity index (χ0v) is 14.7. The van der Waals surface area contributed by atoms with Crippen molar-refractivity contribution in [3.8, 4) is 0 Å². The van der Waals surface area contributed by atoms with E-state index in [1.165, 1.54) is 30.3 Å². The van der Waals surface area contributed by atoms with Gasteiger partial charge < -0.3 is 0 Å². The Morgan fingerprint density at radius 3 is 2.25 bits per heavy atom. The van der Waals surface area contributed by atoms with Gasteiger partial charge in [-0.1, -0.05) is 30.3 Å². The first-order chi connectivity index (χ1) is 11.3. The number of nitrogens with zero attached hydrogens (tertiary/aromatic N) is 2. The van der Waals surface area contributed by atoms with Crippen molar-refractivity contribution in [2.24, 2.45) is 3.77 Å². The fourth-order valence-electron chi connectivity index (χ4n) is 1.77. The monoisotopic (exact) mass is 368 g/mol. The molecule has 0 aliphatic rings. The van der Waals surface area contributed by atoms with Crippen molar-refractivity contribution >= 4 is 26.7 Å². The summed E-state index contributed by atoms with van der Waals surface area (Å²) in [5.41, 5.74) is -0.228. The van der Waals surface area contributed by atoms with E-state index in [1.807, 2.05) is 0 Å². The second-order valence-corrected chi connectivity index (χ2v) is 8.13. The third-order valence-corrected chi connectivity index (χ3v) is 6.22. The van der Waals surface area contributed by atoms with Gasteiger partial charge in [0.25, 0.3) is 15.7 Å². The molecule has 0 radical (unpaired) electrons. The first-order valence-corrected chi connectivity index (χ1v) is 9.54. The molecule has 0 N–H and O–H groups in total. The van der Waals surface area contributed by atoms with Gasteiger partial charge in [0, 0.05) is 6.07 Å². The molecule has 7 nitrogen and oxygen atoms in total. The molecule has 0 saturated carbocycles. The molecular weight excluding hydrogens is 352 g/mol. The minimum atomic E-state index is -4.01. The predicted molar refractivity (Wildman–Crippen MR) is 91.0 cm³/mol. The highest BCUT2D eigenvalue weighted by Crippen LogP contribution is 2.26. The van der Waals surface area contributed by atoms with E-state index in [9.17, 15) is 18.5 Å². The number of para-hydroxylation sites is 1. The molecule has 0 fully saturated rings. The first kappa shape index (κ1) is 18.2. The van der Waals surface area contributed by atoms with E-state index in [1.54, 1.807) is 38.1 Å². The summed E-state index contributed by atoms with van der Waals surface area (Å²) < 4.78 is 34.3. The lowest BCUT2D eigenvalue weighted by Crippen LogP contribution is -2.10. The van der Waals surface area contributed by atoms with Gasteiger partial charge in [0.15, 0.2) is 0 Å². The van der Waals surface area contributed by atoms with Crippen molar-refractivity contribution in [1.82, 2.24) is 0 Å². The van der Waals surface area contributed by atoms with E-state index in [-0.39, 0.29) is 21.6 Å². The molecule has 0 aromatic heterocycles.